The third-order valence-corrected chi connectivity index (χ3v) is 5.88. The van der Waals surface area contributed by atoms with Gasteiger partial charge in [-0.2, -0.15) is 0 Å². The van der Waals surface area contributed by atoms with E-state index in [4.69, 9.17) is 4.74 Å². The molecule has 2 aliphatic rings. The number of methoxy groups -OCH3 is 1. The number of ether oxygens (including phenoxy) is 1. The standard InChI is InChI=1S/C22H25N3O4/c1-29-17-9-10-19-18(13-17)21(24-11-4-2-3-8-22(24)26)14-20(23-19)15-6-5-7-16(12-15)25(27)28/h5-7,9-10,12-13,20-21,23H,2-4,8,11,14H2,1H3/t20-,21-/m0/s1. The number of fused-ring (bicyclic) bond motifs is 1. The van der Waals surface area contributed by atoms with Gasteiger partial charge < -0.3 is 15.0 Å². The zero-order valence-electron chi connectivity index (χ0n) is 16.5. The lowest BCUT2D eigenvalue weighted by atomic mass is 9.88. The maximum Gasteiger partial charge on any atom is 0.269 e. The summed E-state index contributed by atoms with van der Waals surface area (Å²) in [5, 5.41) is 14.7. The second-order valence-electron chi connectivity index (χ2n) is 7.65. The van der Waals surface area contributed by atoms with Crippen LogP contribution in [-0.2, 0) is 4.79 Å². The van der Waals surface area contributed by atoms with E-state index in [1.165, 1.54) is 6.07 Å². The van der Waals surface area contributed by atoms with Gasteiger partial charge in [0.15, 0.2) is 0 Å². The number of carbonyl (C=O) groups excluding carboxylic acids is 1. The molecule has 2 aromatic carbocycles. The van der Waals surface area contributed by atoms with Gasteiger partial charge in [-0.05, 0) is 43.0 Å². The van der Waals surface area contributed by atoms with Crippen LogP contribution < -0.4 is 10.1 Å². The lowest BCUT2D eigenvalue weighted by Crippen LogP contribution is -2.38. The largest absolute Gasteiger partial charge is 0.497 e. The van der Waals surface area contributed by atoms with Crippen LogP contribution in [0, 0.1) is 10.1 Å². The molecule has 29 heavy (non-hydrogen) atoms. The number of anilines is 1. The minimum Gasteiger partial charge on any atom is -0.497 e. The molecule has 1 saturated heterocycles. The fraction of sp³-hybridized carbons (Fsp3) is 0.409. The summed E-state index contributed by atoms with van der Waals surface area (Å²) in [5.74, 6) is 0.938. The molecular formula is C22H25N3O4. The van der Waals surface area contributed by atoms with Crippen molar-refractivity contribution in [2.45, 2.75) is 44.2 Å². The summed E-state index contributed by atoms with van der Waals surface area (Å²) in [5.41, 5.74) is 2.91. The summed E-state index contributed by atoms with van der Waals surface area (Å²) in [6.45, 7) is 0.738. The summed E-state index contributed by atoms with van der Waals surface area (Å²) in [6, 6.07) is 12.4. The van der Waals surface area contributed by atoms with Crippen LogP contribution in [0.4, 0.5) is 11.4 Å². The summed E-state index contributed by atoms with van der Waals surface area (Å²) in [7, 11) is 1.63. The van der Waals surface area contributed by atoms with Crippen molar-refractivity contribution in [1.82, 2.24) is 4.90 Å². The predicted molar refractivity (Wildman–Crippen MR) is 110 cm³/mol. The first-order valence-corrected chi connectivity index (χ1v) is 10.0. The van der Waals surface area contributed by atoms with Crippen LogP contribution in [0.1, 0.15) is 55.3 Å². The van der Waals surface area contributed by atoms with Crippen molar-refractivity contribution in [3.8, 4) is 5.75 Å². The average molecular weight is 395 g/mol. The molecule has 7 nitrogen and oxygen atoms in total. The van der Waals surface area contributed by atoms with E-state index < -0.39 is 0 Å². The van der Waals surface area contributed by atoms with Crippen LogP contribution in [0.3, 0.4) is 0 Å². The van der Waals surface area contributed by atoms with Gasteiger partial charge in [0.2, 0.25) is 5.91 Å². The number of rotatable bonds is 4. The monoisotopic (exact) mass is 395 g/mol. The number of nitro benzene ring substituents is 1. The molecule has 2 heterocycles. The molecule has 1 amide bonds. The molecule has 0 aromatic heterocycles. The Morgan fingerprint density at radius 2 is 2.03 bits per heavy atom. The van der Waals surface area contributed by atoms with Gasteiger partial charge in [0.05, 0.1) is 24.1 Å². The molecule has 0 bridgehead atoms. The number of nitro groups is 1. The Balaban J connectivity index is 1.73. The number of non-ortho nitro benzene ring substituents is 1. The smallest absolute Gasteiger partial charge is 0.269 e. The van der Waals surface area contributed by atoms with E-state index in [1.54, 1.807) is 19.2 Å². The number of nitrogens with zero attached hydrogens (tertiary/aromatic N) is 2. The van der Waals surface area contributed by atoms with Crippen molar-refractivity contribution in [3.05, 3.63) is 63.7 Å². The zero-order chi connectivity index (χ0) is 20.4. The number of amides is 1. The summed E-state index contributed by atoms with van der Waals surface area (Å²) in [6.07, 6.45) is 4.22. The summed E-state index contributed by atoms with van der Waals surface area (Å²) < 4.78 is 5.41. The predicted octanol–water partition coefficient (Wildman–Crippen LogP) is 4.60. The molecule has 1 N–H and O–H groups in total. The Morgan fingerprint density at radius 1 is 1.17 bits per heavy atom. The highest BCUT2D eigenvalue weighted by atomic mass is 16.6. The van der Waals surface area contributed by atoms with E-state index in [1.807, 2.05) is 29.2 Å². The Hall–Kier alpha value is -3.09. The third kappa shape index (κ3) is 3.90. The second-order valence-corrected chi connectivity index (χ2v) is 7.65. The van der Waals surface area contributed by atoms with Crippen molar-refractivity contribution >= 4 is 17.3 Å². The fourth-order valence-corrected chi connectivity index (χ4v) is 4.37. The second kappa shape index (κ2) is 8.11. The number of benzene rings is 2. The van der Waals surface area contributed by atoms with Crippen molar-refractivity contribution in [3.63, 3.8) is 0 Å². The van der Waals surface area contributed by atoms with Gasteiger partial charge in [0.1, 0.15) is 5.75 Å². The maximum atomic E-state index is 12.8. The number of likely N-dealkylation sites (tertiary alicyclic amines) is 1. The van der Waals surface area contributed by atoms with Crippen LogP contribution in [0.25, 0.3) is 0 Å². The molecule has 0 unspecified atom stereocenters. The van der Waals surface area contributed by atoms with E-state index in [9.17, 15) is 14.9 Å². The summed E-state index contributed by atoms with van der Waals surface area (Å²) >= 11 is 0. The number of carbonyl (C=O) groups is 1. The minimum atomic E-state index is -0.374. The first-order valence-electron chi connectivity index (χ1n) is 10.0. The first-order chi connectivity index (χ1) is 14.1. The highest BCUT2D eigenvalue weighted by Gasteiger charge is 2.35. The topological polar surface area (TPSA) is 84.7 Å². The highest BCUT2D eigenvalue weighted by Crippen LogP contribution is 2.44. The van der Waals surface area contributed by atoms with Crippen LogP contribution in [-0.4, -0.2) is 29.4 Å². The van der Waals surface area contributed by atoms with Crippen molar-refractivity contribution in [2.24, 2.45) is 0 Å². The van der Waals surface area contributed by atoms with Crippen LogP contribution in [0.2, 0.25) is 0 Å². The molecule has 2 aromatic rings. The first kappa shape index (κ1) is 19.2. The Kier molecular flexibility index (Phi) is 5.38. The van der Waals surface area contributed by atoms with Gasteiger partial charge in [-0.1, -0.05) is 18.6 Å². The molecule has 1 fully saturated rings. The number of hydrogen-bond donors (Lipinski definition) is 1. The number of hydrogen-bond acceptors (Lipinski definition) is 5. The lowest BCUT2D eigenvalue weighted by molar-refractivity contribution is -0.384. The number of nitrogens with one attached hydrogen (secondary N) is 1. The quantitative estimate of drug-likeness (QED) is 0.604. The average Bonchev–Trinajstić information content (AvgIpc) is 2.96. The summed E-state index contributed by atoms with van der Waals surface area (Å²) in [4.78, 5) is 25.7. The van der Waals surface area contributed by atoms with Gasteiger partial charge in [0, 0.05) is 36.3 Å². The van der Waals surface area contributed by atoms with E-state index in [2.05, 4.69) is 5.32 Å². The van der Waals surface area contributed by atoms with E-state index >= 15 is 0 Å². The molecule has 4 rings (SSSR count). The van der Waals surface area contributed by atoms with E-state index in [0.29, 0.717) is 12.8 Å². The zero-order valence-corrected chi connectivity index (χ0v) is 16.5. The fourth-order valence-electron chi connectivity index (χ4n) is 4.37. The van der Waals surface area contributed by atoms with Crippen molar-refractivity contribution in [2.75, 3.05) is 19.0 Å². The van der Waals surface area contributed by atoms with Gasteiger partial charge >= 0.3 is 0 Å². The molecule has 0 radical (unpaired) electrons. The van der Waals surface area contributed by atoms with Gasteiger partial charge in [-0.25, -0.2) is 0 Å². The Morgan fingerprint density at radius 3 is 2.83 bits per heavy atom. The van der Waals surface area contributed by atoms with Crippen LogP contribution in [0.15, 0.2) is 42.5 Å². The van der Waals surface area contributed by atoms with E-state index in [0.717, 1.165) is 48.4 Å². The molecule has 0 saturated carbocycles. The van der Waals surface area contributed by atoms with Crippen LogP contribution >= 0.6 is 0 Å². The van der Waals surface area contributed by atoms with Crippen molar-refractivity contribution < 1.29 is 14.5 Å². The highest BCUT2D eigenvalue weighted by molar-refractivity contribution is 5.77. The maximum absolute atomic E-state index is 12.8. The van der Waals surface area contributed by atoms with Gasteiger partial charge in [0.25, 0.3) is 5.69 Å². The molecule has 0 aliphatic carbocycles. The molecule has 0 spiro atoms. The molecule has 2 atom stereocenters. The van der Waals surface area contributed by atoms with Crippen LogP contribution in [0.5, 0.6) is 5.75 Å². The van der Waals surface area contributed by atoms with Gasteiger partial charge in [-0.3, -0.25) is 14.9 Å². The molecule has 7 heteroatoms. The van der Waals surface area contributed by atoms with E-state index in [-0.39, 0.29) is 28.6 Å². The molecule has 152 valence electrons. The SMILES string of the molecule is COc1ccc2c(c1)[C@@H](N1CCCCCC1=O)C[C@@H](c1cccc([N+](=O)[O-])c1)N2. The Labute approximate surface area is 169 Å². The van der Waals surface area contributed by atoms with Gasteiger partial charge in [-0.15, -0.1) is 0 Å². The normalized spacial score (nSPS) is 21.7. The Bertz CT molecular complexity index is 930. The lowest BCUT2D eigenvalue weighted by Gasteiger charge is -2.40. The van der Waals surface area contributed by atoms with Crippen molar-refractivity contribution in [1.29, 1.82) is 0 Å². The third-order valence-electron chi connectivity index (χ3n) is 5.88. The minimum absolute atomic E-state index is 0.0761. The molecule has 2 aliphatic heterocycles. The molecular weight excluding hydrogens is 370 g/mol.